The smallest absolute Gasteiger partial charge is 0.0829 e. The van der Waals surface area contributed by atoms with Gasteiger partial charge in [-0.25, -0.2) is 0 Å². The Hall–Kier alpha value is -0.530. The van der Waals surface area contributed by atoms with Gasteiger partial charge in [-0.2, -0.15) is 0 Å². The van der Waals surface area contributed by atoms with Crippen LogP contribution in [0.3, 0.4) is 0 Å². The number of nitrogens with zero attached hydrogens (tertiary/aromatic N) is 1. The lowest BCUT2D eigenvalue weighted by Gasteiger charge is -2.05. The summed E-state index contributed by atoms with van der Waals surface area (Å²) in [6.07, 6.45) is 4.21. The molecule has 0 bridgehead atoms. The summed E-state index contributed by atoms with van der Waals surface area (Å²) < 4.78 is 0. The lowest BCUT2D eigenvalue weighted by atomic mass is 10.2. The molecule has 1 atom stereocenters. The van der Waals surface area contributed by atoms with Gasteiger partial charge in [0.1, 0.15) is 0 Å². The van der Waals surface area contributed by atoms with Crippen molar-refractivity contribution < 1.29 is 0 Å². The number of nitrogens with one attached hydrogen (secondary N) is 1. The van der Waals surface area contributed by atoms with E-state index in [0.717, 1.165) is 0 Å². The summed E-state index contributed by atoms with van der Waals surface area (Å²) in [4.78, 5) is 4.32. The van der Waals surface area contributed by atoms with Crippen molar-refractivity contribution in [3.05, 3.63) is 0 Å². The van der Waals surface area contributed by atoms with Gasteiger partial charge >= 0.3 is 0 Å². The molecule has 0 aliphatic heterocycles. The predicted octanol–water partition coefficient (Wildman–Crippen LogP) is 2.20. The number of hydrogen-bond acceptors (Lipinski definition) is 1. The molecule has 0 saturated heterocycles. The maximum Gasteiger partial charge on any atom is 0.0829 e. The second-order valence-electron chi connectivity index (χ2n) is 3.24. The van der Waals surface area contributed by atoms with Gasteiger partial charge in [-0.3, -0.25) is 4.99 Å². The molecule has 0 amide bonds. The van der Waals surface area contributed by atoms with Crippen molar-refractivity contribution >= 4 is 6.34 Å². The first kappa shape index (κ1) is 10.5. The van der Waals surface area contributed by atoms with Crippen LogP contribution in [0.1, 0.15) is 40.5 Å². The first-order chi connectivity index (χ1) is 5.16. The van der Waals surface area contributed by atoms with Gasteiger partial charge in [0.25, 0.3) is 0 Å². The zero-order chi connectivity index (χ0) is 8.69. The standard InChI is InChI=1S/C9H20N2/c1-5-6-9(4)11-7-10-8(2)3/h7-9H,5-6H2,1-4H3,(H,10,11). The largest absolute Gasteiger partial charge is 0.374 e. The molecule has 1 unspecified atom stereocenters. The highest BCUT2D eigenvalue weighted by Crippen LogP contribution is 1.98. The molecule has 0 heterocycles. The number of aliphatic imine (C=N–C) groups is 1. The summed E-state index contributed by atoms with van der Waals surface area (Å²) in [5.74, 6) is 0. The molecule has 0 fully saturated rings. The minimum atomic E-state index is 0.464. The second-order valence-corrected chi connectivity index (χ2v) is 3.24. The molecule has 0 rings (SSSR count). The van der Waals surface area contributed by atoms with Gasteiger partial charge in [0.2, 0.25) is 0 Å². The zero-order valence-electron chi connectivity index (χ0n) is 8.09. The SMILES string of the molecule is CCCC(C)N=CNC(C)C. The average Bonchev–Trinajstić information content (AvgIpc) is 1.87. The van der Waals surface area contributed by atoms with Crippen molar-refractivity contribution in [1.82, 2.24) is 5.32 Å². The van der Waals surface area contributed by atoms with E-state index in [1.807, 2.05) is 6.34 Å². The highest BCUT2D eigenvalue weighted by atomic mass is 15.0. The van der Waals surface area contributed by atoms with E-state index in [2.05, 4.69) is 38.0 Å². The summed E-state index contributed by atoms with van der Waals surface area (Å²) in [6.45, 7) is 8.54. The maximum absolute atomic E-state index is 4.32. The van der Waals surface area contributed by atoms with Crippen molar-refractivity contribution in [3.63, 3.8) is 0 Å². The van der Waals surface area contributed by atoms with E-state index in [0.29, 0.717) is 12.1 Å². The molecule has 0 aromatic carbocycles. The van der Waals surface area contributed by atoms with Crippen LogP contribution in [0.25, 0.3) is 0 Å². The molecule has 2 nitrogen and oxygen atoms in total. The highest BCUT2D eigenvalue weighted by molar-refractivity contribution is 5.54. The van der Waals surface area contributed by atoms with Crippen LogP contribution in [0.2, 0.25) is 0 Å². The molecule has 1 N–H and O–H groups in total. The van der Waals surface area contributed by atoms with E-state index in [9.17, 15) is 0 Å². The molecule has 0 radical (unpaired) electrons. The van der Waals surface area contributed by atoms with Crippen LogP contribution >= 0.6 is 0 Å². The Morgan fingerprint density at radius 2 is 2.00 bits per heavy atom. The molecule has 66 valence electrons. The summed E-state index contributed by atoms with van der Waals surface area (Å²) in [7, 11) is 0. The number of rotatable bonds is 5. The van der Waals surface area contributed by atoms with Gasteiger partial charge in [-0.1, -0.05) is 13.3 Å². The van der Waals surface area contributed by atoms with Crippen LogP contribution in [0.5, 0.6) is 0 Å². The van der Waals surface area contributed by atoms with Gasteiger partial charge in [-0.05, 0) is 27.2 Å². The van der Waals surface area contributed by atoms with E-state index in [-0.39, 0.29) is 0 Å². The van der Waals surface area contributed by atoms with Crippen molar-refractivity contribution in [1.29, 1.82) is 0 Å². The van der Waals surface area contributed by atoms with Crippen molar-refractivity contribution in [2.24, 2.45) is 4.99 Å². The molecule has 0 spiro atoms. The monoisotopic (exact) mass is 156 g/mol. The third-order valence-corrected chi connectivity index (χ3v) is 1.44. The Morgan fingerprint density at radius 3 is 2.45 bits per heavy atom. The first-order valence-electron chi connectivity index (χ1n) is 4.44. The molecule has 0 aliphatic carbocycles. The fourth-order valence-corrected chi connectivity index (χ4v) is 0.812. The second kappa shape index (κ2) is 6.20. The van der Waals surface area contributed by atoms with E-state index in [1.54, 1.807) is 0 Å². The average molecular weight is 156 g/mol. The fourth-order valence-electron chi connectivity index (χ4n) is 0.812. The molecule has 11 heavy (non-hydrogen) atoms. The summed E-state index contributed by atoms with van der Waals surface area (Å²) >= 11 is 0. The van der Waals surface area contributed by atoms with Crippen LogP contribution < -0.4 is 5.32 Å². The Labute approximate surface area is 70.1 Å². The quantitative estimate of drug-likeness (QED) is 0.479. The summed E-state index contributed by atoms with van der Waals surface area (Å²) in [5, 5.41) is 3.14. The molecule has 2 heteroatoms. The minimum Gasteiger partial charge on any atom is -0.374 e. The van der Waals surface area contributed by atoms with Crippen molar-refractivity contribution in [3.8, 4) is 0 Å². The van der Waals surface area contributed by atoms with Gasteiger partial charge in [-0.15, -0.1) is 0 Å². The Kier molecular flexibility index (Phi) is 5.90. The topological polar surface area (TPSA) is 24.4 Å². The molecule has 0 saturated carbocycles. The highest BCUT2D eigenvalue weighted by Gasteiger charge is 1.93. The molecular weight excluding hydrogens is 136 g/mol. The van der Waals surface area contributed by atoms with Gasteiger partial charge in [0, 0.05) is 12.1 Å². The van der Waals surface area contributed by atoms with Crippen LogP contribution in [0, 0.1) is 0 Å². The van der Waals surface area contributed by atoms with Crippen LogP contribution in [0.15, 0.2) is 4.99 Å². The Bertz CT molecular complexity index is 108. The van der Waals surface area contributed by atoms with Gasteiger partial charge in [0.05, 0.1) is 6.34 Å². The number of hydrogen-bond donors (Lipinski definition) is 1. The Morgan fingerprint density at radius 1 is 1.36 bits per heavy atom. The summed E-state index contributed by atoms with van der Waals surface area (Å²) in [5.41, 5.74) is 0. The Balaban J connectivity index is 3.39. The van der Waals surface area contributed by atoms with Gasteiger partial charge in [0.15, 0.2) is 0 Å². The minimum absolute atomic E-state index is 0.464. The van der Waals surface area contributed by atoms with E-state index in [1.165, 1.54) is 12.8 Å². The van der Waals surface area contributed by atoms with E-state index >= 15 is 0 Å². The third-order valence-electron chi connectivity index (χ3n) is 1.44. The zero-order valence-corrected chi connectivity index (χ0v) is 8.09. The normalized spacial score (nSPS) is 14.3. The van der Waals surface area contributed by atoms with Gasteiger partial charge < -0.3 is 5.32 Å². The van der Waals surface area contributed by atoms with Crippen LogP contribution in [0.4, 0.5) is 0 Å². The van der Waals surface area contributed by atoms with Crippen molar-refractivity contribution in [2.75, 3.05) is 0 Å². The van der Waals surface area contributed by atoms with E-state index < -0.39 is 0 Å². The molecule has 0 aromatic heterocycles. The van der Waals surface area contributed by atoms with E-state index in [4.69, 9.17) is 0 Å². The molecule has 0 aliphatic rings. The molecular formula is C9H20N2. The van der Waals surface area contributed by atoms with Crippen LogP contribution in [-0.4, -0.2) is 18.4 Å². The predicted molar refractivity (Wildman–Crippen MR) is 51.1 cm³/mol. The fraction of sp³-hybridized carbons (Fsp3) is 0.889. The first-order valence-corrected chi connectivity index (χ1v) is 4.44. The maximum atomic E-state index is 4.32. The molecule has 0 aromatic rings. The third kappa shape index (κ3) is 7.37. The lowest BCUT2D eigenvalue weighted by Crippen LogP contribution is -2.21. The lowest BCUT2D eigenvalue weighted by molar-refractivity contribution is 0.648. The van der Waals surface area contributed by atoms with Crippen LogP contribution in [-0.2, 0) is 0 Å². The van der Waals surface area contributed by atoms with Crippen molar-refractivity contribution in [2.45, 2.75) is 52.6 Å². The summed E-state index contributed by atoms with van der Waals surface area (Å²) in [6, 6.07) is 0.957.